The maximum absolute atomic E-state index is 6.00. The molecule has 5 heteroatoms. The van der Waals surface area contributed by atoms with E-state index in [0.717, 1.165) is 16.8 Å². The second-order valence-corrected chi connectivity index (χ2v) is 7.78. The van der Waals surface area contributed by atoms with Crippen molar-refractivity contribution in [3.05, 3.63) is 21.3 Å². The van der Waals surface area contributed by atoms with Crippen LogP contribution >= 0.6 is 22.9 Å². The summed E-state index contributed by atoms with van der Waals surface area (Å²) in [6.45, 7) is 9.64. The van der Waals surface area contributed by atoms with Gasteiger partial charge < -0.3 is 10.2 Å². The summed E-state index contributed by atoms with van der Waals surface area (Å²) in [5.74, 6) is 0.916. The molecule has 0 amide bonds. The summed E-state index contributed by atoms with van der Waals surface area (Å²) in [7, 11) is 0. The summed E-state index contributed by atoms with van der Waals surface area (Å²) >= 11 is 7.71. The van der Waals surface area contributed by atoms with Crippen molar-refractivity contribution in [2.45, 2.75) is 19.4 Å². The summed E-state index contributed by atoms with van der Waals surface area (Å²) < 4.78 is 0.907. The molecule has 0 radical (unpaired) electrons. The van der Waals surface area contributed by atoms with Gasteiger partial charge in [-0.15, -0.1) is 11.3 Å². The molecule has 0 aromatic carbocycles. The average Bonchev–Trinajstić information content (AvgIpc) is 2.88. The van der Waals surface area contributed by atoms with E-state index >= 15 is 0 Å². The van der Waals surface area contributed by atoms with E-state index in [1.165, 1.54) is 63.5 Å². The number of piperidine rings is 1. The van der Waals surface area contributed by atoms with Gasteiger partial charge in [-0.1, -0.05) is 11.6 Å². The topological polar surface area (TPSA) is 18.5 Å². The summed E-state index contributed by atoms with van der Waals surface area (Å²) in [4.78, 5) is 6.61. The molecule has 20 heavy (non-hydrogen) atoms. The van der Waals surface area contributed by atoms with Gasteiger partial charge in [0.1, 0.15) is 0 Å². The van der Waals surface area contributed by atoms with Gasteiger partial charge in [0.2, 0.25) is 0 Å². The zero-order valence-electron chi connectivity index (χ0n) is 12.0. The predicted molar refractivity (Wildman–Crippen MR) is 86.6 cm³/mol. The smallest absolute Gasteiger partial charge is 0.0931 e. The highest BCUT2D eigenvalue weighted by Crippen LogP contribution is 2.23. The van der Waals surface area contributed by atoms with Crippen LogP contribution in [-0.2, 0) is 6.54 Å². The number of rotatable bonds is 4. The third kappa shape index (κ3) is 4.18. The average molecular weight is 314 g/mol. The normalized spacial score (nSPS) is 23.2. The molecule has 0 unspecified atom stereocenters. The highest BCUT2D eigenvalue weighted by molar-refractivity contribution is 7.16. The molecule has 1 N–H and O–H groups in total. The van der Waals surface area contributed by atoms with Crippen LogP contribution in [0.3, 0.4) is 0 Å². The first-order valence-corrected chi connectivity index (χ1v) is 8.89. The third-order valence-corrected chi connectivity index (χ3v) is 5.66. The minimum absolute atomic E-state index is 0.907. The Morgan fingerprint density at radius 1 is 1.10 bits per heavy atom. The molecule has 0 bridgehead atoms. The Kier molecular flexibility index (Phi) is 5.35. The first-order valence-electron chi connectivity index (χ1n) is 7.69. The molecular weight excluding hydrogens is 290 g/mol. The van der Waals surface area contributed by atoms with Crippen molar-refractivity contribution in [2.75, 3.05) is 45.8 Å². The van der Waals surface area contributed by atoms with Crippen LogP contribution < -0.4 is 5.32 Å². The zero-order chi connectivity index (χ0) is 13.8. The molecule has 2 saturated heterocycles. The van der Waals surface area contributed by atoms with Gasteiger partial charge in [-0.2, -0.15) is 0 Å². The second-order valence-electron chi connectivity index (χ2n) is 5.98. The van der Waals surface area contributed by atoms with Gasteiger partial charge >= 0.3 is 0 Å². The van der Waals surface area contributed by atoms with Crippen molar-refractivity contribution >= 4 is 22.9 Å². The van der Waals surface area contributed by atoms with Crippen LogP contribution in [0.25, 0.3) is 0 Å². The molecule has 3 nitrogen and oxygen atoms in total. The van der Waals surface area contributed by atoms with Gasteiger partial charge in [-0.25, -0.2) is 0 Å². The van der Waals surface area contributed by atoms with Crippen molar-refractivity contribution in [1.82, 2.24) is 15.1 Å². The number of hydrogen-bond acceptors (Lipinski definition) is 4. The van der Waals surface area contributed by atoms with Gasteiger partial charge in [0.05, 0.1) is 4.34 Å². The van der Waals surface area contributed by atoms with Crippen LogP contribution in [0, 0.1) is 5.92 Å². The molecule has 3 rings (SSSR count). The predicted octanol–water partition coefficient (Wildman–Crippen LogP) is 2.52. The molecule has 2 fully saturated rings. The monoisotopic (exact) mass is 313 g/mol. The van der Waals surface area contributed by atoms with Crippen molar-refractivity contribution in [1.29, 1.82) is 0 Å². The molecule has 2 aliphatic heterocycles. The van der Waals surface area contributed by atoms with Gasteiger partial charge in [-0.05, 0) is 44.0 Å². The Morgan fingerprint density at radius 3 is 2.45 bits per heavy atom. The number of halogens is 1. The van der Waals surface area contributed by atoms with Crippen molar-refractivity contribution in [3.8, 4) is 0 Å². The molecule has 1 aromatic heterocycles. The Morgan fingerprint density at radius 2 is 1.80 bits per heavy atom. The Hall–Kier alpha value is -0.130. The third-order valence-electron chi connectivity index (χ3n) is 4.45. The van der Waals surface area contributed by atoms with E-state index in [-0.39, 0.29) is 0 Å². The fourth-order valence-corrected chi connectivity index (χ4v) is 4.35. The fourth-order valence-electron chi connectivity index (χ4n) is 3.22. The first kappa shape index (κ1) is 14.8. The molecule has 3 heterocycles. The summed E-state index contributed by atoms with van der Waals surface area (Å²) in [6.07, 6.45) is 2.71. The minimum Gasteiger partial charge on any atom is -0.317 e. The number of nitrogens with one attached hydrogen (secondary N) is 1. The summed E-state index contributed by atoms with van der Waals surface area (Å²) in [5.41, 5.74) is 0. The Labute approximate surface area is 130 Å². The van der Waals surface area contributed by atoms with Gasteiger partial charge in [0, 0.05) is 44.1 Å². The summed E-state index contributed by atoms with van der Waals surface area (Å²) in [6, 6.07) is 4.17. The molecule has 0 aliphatic carbocycles. The van der Waals surface area contributed by atoms with E-state index in [2.05, 4.69) is 21.2 Å². The van der Waals surface area contributed by atoms with Crippen LogP contribution in [-0.4, -0.2) is 55.6 Å². The van der Waals surface area contributed by atoms with E-state index in [4.69, 9.17) is 11.6 Å². The van der Waals surface area contributed by atoms with E-state index in [0.29, 0.717) is 0 Å². The fraction of sp³-hybridized carbons (Fsp3) is 0.733. The minimum atomic E-state index is 0.907. The van der Waals surface area contributed by atoms with Crippen molar-refractivity contribution < 1.29 is 0 Å². The molecule has 2 aliphatic rings. The van der Waals surface area contributed by atoms with Crippen molar-refractivity contribution in [3.63, 3.8) is 0 Å². The quantitative estimate of drug-likeness (QED) is 0.921. The second kappa shape index (κ2) is 7.23. The number of nitrogens with zero attached hydrogens (tertiary/aromatic N) is 2. The molecule has 0 spiro atoms. The highest BCUT2D eigenvalue weighted by atomic mass is 35.5. The molecule has 1 aromatic rings. The van der Waals surface area contributed by atoms with Gasteiger partial charge in [-0.3, -0.25) is 4.90 Å². The standard InChI is InChI=1S/C15H24ClN3S/c16-15-2-1-14(20-15)12-19-9-7-18(8-10-19)11-13-3-5-17-6-4-13/h1-2,13,17H,3-12H2. The van der Waals surface area contributed by atoms with Crippen LogP contribution in [0.15, 0.2) is 12.1 Å². The maximum Gasteiger partial charge on any atom is 0.0931 e. The molecule has 112 valence electrons. The van der Waals surface area contributed by atoms with Crippen molar-refractivity contribution in [2.24, 2.45) is 5.92 Å². The van der Waals surface area contributed by atoms with Crippen LogP contribution in [0.2, 0.25) is 4.34 Å². The highest BCUT2D eigenvalue weighted by Gasteiger charge is 2.21. The van der Waals surface area contributed by atoms with Crippen LogP contribution in [0.1, 0.15) is 17.7 Å². The van der Waals surface area contributed by atoms with E-state index in [1.807, 2.05) is 6.07 Å². The van der Waals surface area contributed by atoms with Crippen LogP contribution in [0.4, 0.5) is 0 Å². The lowest BCUT2D eigenvalue weighted by Crippen LogP contribution is -2.48. The van der Waals surface area contributed by atoms with Gasteiger partial charge in [0.25, 0.3) is 0 Å². The lowest BCUT2D eigenvalue weighted by Gasteiger charge is -2.37. The number of piperazine rings is 1. The van der Waals surface area contributed by atoms with E-state index in [1.54, 1.807) is 11.3 Å². The number of thiophene rings is 1. The Balaban J connectivity index is 1.40. The number of hydrogen-bond donors (Lipinski definition) is 1. The van der Waals surface area contributed by atoms with E-state index in [9.17, 15) is 0 Å². The Bertz CT molecular complexity index is 409. The van der Waals surface area contributed by atoms with Crippen LogP contribution in [0.5, 0.6) is 0 Å². The molecule has 0 saturated carbocycles. The molecule has 0 atom stereocenters. The first-order chi connectivity index (χ1) is 9.79. The SMILES string of the molecule is Clc1ccc(CN2CCN(CC3CCNCC3)CC2)s1. The lowest BCUT2D eigenvalue weighted by atomic mass is 9.97. The molecular formula is C15H24ClN3S. The van der Waals surface area contributed by atoms with E-state index < -0.39 is 0 Å². The maximum atomic E-state index is 6.00. The summed E-state index contributed by atoms with van der Waals surface area (Å²) in [5, 5.41) is 3.45. The lowest BCUT2D eigenvalue weighted by molar-refractivity contribution is 0.107. The zero-order valence-corrected chi connectivity index (χ0v) is 13.6. The largest absolute Gasteiger partial charge is 0.317 e. The van der Waals surface area contributed by atoms with Gasteiger partial charge in [0.15, 0.2) is 0 Å².